The predicted molar refractivity (Wildman–Crippen MR) is 91.3 cm³/mol. The van der Waals surface area contributed by atoms with E-state index in [2.05, 4.69) is 5.32 Å². The number of ether oxygens (including phenoxy) is 1. The number of benzene rings is 2. The maximum atomic E-state index is 12.1. The van der Waals surface area contributed by atoms with Crippen molar-refractivity contribution in [1.29, 1.82) is 0 Å². The van der Waals surface area contributed by atoms with Crippen LogP contribution >= 0.6 is 11.6 Å². The number of hydrogen-bond donors (Lipinski definition) is 1. The number of anilines is 1. The van der Waals surface area contributed by atoms with Gasteiger partial charge in [-0.25, -0.2) is 0 Å². The molecule has 0 radical (unpaired) electrons. The van der Waals surface area contributed by atoms with Crippen molar-refractivity contribution in [3.63, 3.8) is 0 Å². The zero-order valence-corrected chi connectivity index (χ0v) is 13.2. The van der Waals surface area contributed by atoms with E-state index in [4.69, 9.17) is 16.3 Å². The maximum absolute atomic E-state index is 12.1. The average Bonchev–Trinajstić information content (AvgIpc) is 2.59. The van der Waals surface area contributed by atoms with Crippen molar-refractivity contribution in [3.8, 4) is 11.5 Å². The molecule has 1 heterocycles. The highest BCUT2D eigenvalue weighted by atomic mass is 35.5. The Kier molecular flexibility index (Phi) is 4.63. The third-order valence-electron chi connectivity index (χ3n) is 3.24. The Morgan fingerprint density at radius 2 is 1.67 bits per heavy atom. The number of carbonyl (C=O) groups excluding carboxylic acids is 1. The van der Waals surface area contributed by atoms with Gasteiger partial charge in [0.15, 0.2) is 12.4 Å². The van der Waals surface area contributed by atoms with E-state index in [1.165, 1.54) is 24.5 Å². The van der Waals surface area contributed by atoms with Crippen molar-refractivity contribution in [1.82, 2.24) is 0 Å². The Labute approximate surface area is 143 Å². The lowest BCUT2D eigenvalue weighted by Gasteiger charge is -2.09. The van der Waals surface area contributed by atoms with Gasteiger partial charge in [-0.05, 0) is 36.4 Å². The Morgan fingerprint density at radius 1 is 1.00 bits per heavy atom. The summed E-state index contributed by atoms with van der Waals surface area (Å²) in [4.78, 5) is 12.1. The number of pyridine rings is 1. The second-order valence-electron chi connectivity index (χ2n) is 4.96. The van der Waals surface area contributed by atoms with E-state index >= 15 is 0 Å². The molecule has 6 heteroatoms. The summed E-state index contributed by atoms with van der Waals surface area (Å²) in [5.74, 6) is 0.870. The molecule has 0 aliphatic heterocycles. The number of carbonyl (C=O) groups is 1. The second-order valence-corrected chi connectivity index (χ2v) is 5.36. The lowest BCUT2D eigenvalue weighted by Crippen LogP contribution is -2.25. The molecule has 0 spiro atoms. The standard InChI is InChI=1S/C18H13ClN2O3/c19-16-3-1-2-4-17(16)24-15-7-5-14(6-8-15)20-18(22)13-9-11-21(23)12-10-13/h1-12H,(H,20,22). The molecule has 0 fully saturated rings. The van der Waals surface area contributed by atoms with E-state index in [0.29, 0.717) is 32.5 Å². The smallest absolute Gasteiger partial charge is 0.256 e. The molecule has 1 N–H and O–H groups in total. The highest BCUT2D eigenvalue weighted by molar-refractivity contribution is 6.32. The van der Waals surface area contributed by atoms with E-state index in [0.717, 1.165) is 0 Å². The fraction of sp³-hybridized carbons (Fsp3) is 0. The van der Waals surface area contributed by atoms with E-state index in [1.54, 1.807) is 36.4 Å². The van der Waals surface area contributed by atoms with Crippen LogP contribution in [0, 0.1) is 5.21 Å². The van der Waals surface area contributed by atoms with Gasteiger partial charge < -0.3 is 15.3 Å². The normalized spacial score (nSPS) is 10.2. The van der Waals surface area contributed by atoms with Gasteiger partial charge >= 0.3 is 0 Å². The summed E-state index contributed by atoms with van der Waals surface area (Å²) in [6.07, 6.45) is 2.55. The molecule has 1 aromatic heterocycles. The van der Waals surface area contributed by atoms with Crippen LogP contribution in [-0.2, 0) is 0 Å². The van der Waals surface area contributed by atoms with Gasteiger partial charge in [0.25, 0.3) is 5.91 Å². The first-order valence-electron chi connectivity index (χ1n) is 7.14. The Balaban J connectivity index is 1.67. The van der Waals surface area contributed by atoms with Crippen molar-refractivity contribution < 1.29 is 14.3 Å². The third kappa shape index (κ3) is 3.83. The summed E-state index contributed by atoms with van der Waals surface area (Å²) in [6.45, 7) is 0. The van der Waals surface area contributed by atoms with Crippen molar-refractivity contribution >= 4 is 23.2 Å². The Morgan fingerprint density at radius 3 is 2.33 bits per heavy atom. The molecule has 120 valence electrons. The summed E-state index contributed by atoms with van der Waals surface area (Å²) >= 11 is 6.05. The van der Waals surface area contributed by atoms with Gasteiger partial charge in [-0.3, -0.25) is 4.79 Å². The minimum atomic E-state index is -0.296. The summed E-state index contributed by atoms with van der Waals surface area (Å²) in [7, 11) is 0. The molecule has 5 nitrogen and oxygen atoms in total. The Bertz CT molecular complexity index is 849. The number of aromatic nitrogens is 1. The lowest BCUT2D eigenvalue weighted by molar-refractivity contribution is -0.605. The monoisotopic (exact) mass is 340 g/mol. The first-order valence-corrected chi connectivity index (χ1v) is 7.52. The van der Waals surface area contributed by atoms with Gasteiger partial charge in [-0.15, -0.1) is 0 Å². The second kappa shape index (κ2) is 7.02. The summed E-state index contributed by atoms with van der Waals surface area (Å²) in [5.41, 5.74) is 1.02. The van der Waals surface area contributed by atoms with Crippen molar-refractivity contribution in [3.05, 3.63) is 88.9 Å². The number of nitrogens with zero attached hydrogens (tertiary/aromatic N) is 1. The SMILES string of the molecule is O=C(Nc1ccc(Oc2ccccc2Cl)cc1)c1cc[n+]([O-])cc1. The van der Waals surface area contributed by atoms with Gasteiger partial charge in [-0.2, -0.15) is 4.73 Å². The molecule has 0 aliphatic rings. The third-order valence-corrected chi connectivity index (χ3v) is 3.55. The van der Waals surface area contributed by atoms with Crippen LogP contribution in [0.1, 0.15) is 10.4 Å². The first kappa shape index (κ1) is 15.8. The van der Waals surface area contributed by atoms with E-state index < -0.39 is 0 Å². The molecular weight excluding hydrogens is 328 g/mol. The molecular formula is C18H13ClN2O3. The number of halogens is 1. The lowest BCUT2D eigenvalue weighted by atomic mass is 10.2. The van der Waals surface area contributed by atoms with Crippen molar-refractivity contribution in [2.75, 3.05) is 5.32 Å². The highest BCUT2D eigenvalue weighted by Crippen LogP contribution is 2.29. The minimum Gasteiger partial charge on any atom is -0.619 e. The van der Waals surface area contributed by atoms with Crippen LogP contribution in [0.5, 0.6) is 11.5 Å². The number of rotatable bonds is 4. The van der Waals surface area contributed by atoms with E-state index in [9.17, 15) is 10.0 Å². The number of para-hydroxylation sites is 1. The van der Waals surface area contributed by atoms with Crippen LogP contribution < -0.4 is 14.8 Å². The zero-order chi connectivity index (χ0) is 16.9. The number of amides is 1. The summed E-state index contributed by atoms with van der Waals surface area (Å²) in [5, 5.41) is 14.2. The predicted octanol–water partition coefficient (Wildman–Crippen LogP) is 4.02. The highest BCUT2D eigenvalue weighted by Gasteiger charge is 2.08. The molecule has 0 saturated heterocycles. The van der Waals surface area contributed by atoms with Crippen LogP contribution in [0.4, 0.5) is 5.69 Å². The van der Waals surface area contributed by atoms with E-state index in [1.807, 2.05) is 12.1 Å². The maximum Gasteiger partial charge on any atom is 0.256 e. The fourth-order valence-electron chi connectivity index (χ4n) is 2.03. The summed E-state index contributed by atoms with van der Waals surface area (Å²) in [6, 6.07) is 17.0. The number of nitrogens with one attached hydrogen (secondary N) is 1. The molecule has 0 unspecified atom stereocenters. The van der Waals surface area contributed by atoms with Gasteiger partial charge in [0.1, 0.15) is 11.5 Å². The quantitative estimate of drug-likeness (QED) is 0.576. The van der Waals surface area contributed by atoms with Crippen LogP contribution in [0.3, 0.4) is 0 Å². The topological polar surface area (TPSA) is 65.3 Å². The van der Waals surface area contributed by atoms with Crippen molar-refractivity contribution in [2.24, 2.45) is 0 Å². The molecule has 2 aromatic carbocycles. The molecule has 0 saturated carbocycles. The first-order chi connectivity index (χ1) is 11.6. The fourth-order valence-corrected chi connectivity index (χ4v) is 2.20. The van der Waals surface area contributed by atoms with Crippen LogP contribution in [0.15, 0.2) is 73.1 Å². The molecule has 0 atom stereocenters. The van der Waals surface area contributed by atoms with Gasteiger partial charge in [-0.1, -0.05) is 23.7 Å². The van der Waals surface area contributed by atoms with Crippen molar-refractivity contribution in [2.45, 2.75) is 0 Å². The largest absolute Gasteiger partial charge is 0.619 e. The molecule has 0 bridgehead atoms. The van der Waals surface area contributed by atoms with Gasteiger partial charge in [0.05, 0.1) is 10.6 Å². The molecule has 0 aliphatic carbocycles. The number of hydrogen-bond acceptors (Lipinski definition) is 3. The Hall–Kier alpha value is -3.05. The average molecular weight is 341 g/mol. The molecule has 1 amide bonds. The van der Waals surface area contributed by atoms with E-state index in [-0.39, 0.29) is 5.91 Å². The minimum absolute atomic E-state index is 0.296. The molecule has 3 aromatic rings. The van der Waals surface area contributed by atoms with Gasteiger partial charge in [0.2, 0.25) is 0 Å². The zero-order valence-electron chi connectivity index (χ0n) is 12.5. The van der Waals surface area contributed by atoms with Gasteiger partial charge in [0, 0.05) is 17.8 Å². The van der Waals surface area contributed by atoms with Crippen LogP contribution in [0.2, 0.25) is 5.02 Å². The molecule has 24 heavy (non-hydrogen) atoms. The summed E-state index contributed by atoms with van der Waals surface area (Å²) < 4.78 is 6.31. The van der Waals surface area contributed by atoms with Crippen LogP contribution in [-0.4, -0.2) is 5.91 Å². The van der Waals surface area contributed by atoms with Crippen LogP contribution in [0.25, 0.3) is 0 Å². The molecule has 3 rings (SSSR count).